The molecule has 1 saturated heterocycles. The van der Waals surface area contributed by atoms with Crippen LogP contribution >= 0.6 is 0 Å². The molecule has 110 valence electrons. The fraction of sp³-hybridized carbons (Fsp3) is 0.583. The van der Waals surface area contributed by atoms with Crippen molar-refractivity contribution in [2.75, 3.05) is 6.54 Å². The van der Waals surface area contributed by atoms with E-state index in [2.05, 4.69) is 15.3 Å². The Labute approximate surface area is 114 Å². The Hall–Kier alpha value is -1.70. The molecular formula is C12H15F3N4O. The molecule has 2 heterocycles. The maximum absolute atomic E-state index is 12.3. The van der Waals surface area contributed by atoms with Crippen LogP contribution in [0.3, 0.4) is 0 Å². The topological polar surface area (TPSA) is 66.9 Å². The number of hydrogen-bond acceptors (Lipinski definition) is 4. The van der Waals surface area contributed by atoms with E-state index in [-0.39, 0.29) is 12.0 Å². The zero-order valence-electron chi connectivity index (χ0n) is 10.8. The molecule has 1 aliphatic rings. The monoisotopic (exact) mass is 288 g/mol. The van der Waals surface area contributed by atoms with Crippen molar-refractivity contribution in [1.29, 1.82) is 0 Å². The number of hydrogen-bond donors (Lipinski definition) is 2. The highest BCUT2D eigenvalue weighted by Gasteiger charge is 2.41. The molecule has 2 N–H and O–H groups in total. The van der Waals surface area contributed by atoms with Gasteiger partial charge in [-0.3, -0.25) is 4.79 Å². The van der Waals surface area contributed by atoms with Gasteiger partial charge in [0.05, 0.1) is 0 Å². The van der Waals surface area contributed by atoms with Crippen molar-refractivity contribution < 1.29 is 18.0 Å². The SMILES string of the molecule is CC1NCC(c2cncnc2)CC1NC(=O)C(F)(F)F. The average molecular weight is 288 g/mol. The second-order valence-electron chi connectivity index (χ2n) is 4.88. The predicted molar refractivity (Wildman–Crippen MR) is 64.8 cm³/mol. The minimum absolute atomic E-state index is 0.0223. The Morgan fingerprint density at radius 3 is 2.65 bits per heavy atom. The van der Waals surface area contributed by atoms with Gasteiger partial charge >= 0.3 is 12.1 Å². The number of aromatic nitrogens is 2. The molecule has 0 aliphatic carbocycles. The summed E-state index contributed by atoms with van der Waals surface area (Å²) >= 11 is 0. The van der Waals surface area contributed by atoms with E-state index in [1.165, 1.54) is 6.33 Å². The second kappa shape index (κ2) is 5.74. The van der Waals surface area contributed by atoms with Crippen LogP contribution in [0.4, 0.5) is 13.2 Å². The summed E-state index contributed by atoms with van der Waals surface area (Å²) in [6, 6.07) is -0.801. The molecule has 3 unspecified atom stereocenters. The molecule has 0 spiro atoms. The minimum atomic E-state index is -4.86. The summed E-state index contributed by atoms with van der Waals surface area (Å²) < 4.78 is 36.9. The van der Waals surface area contributed by atoms with Gasteiger partial charge in [0.25, 0.3) is 0 Å². The molecule has 1 amide bonds. The number of amides is 1. The summed E-state index contributed by atoms with van der Waals surface area (Å²) in [6.45, 7) is 2.37. The Morgan fingerprint density at radius 1 is 1.40 bits per heavy atom. The number of nitrogens with one attached hydrogen (secondary N) is 2. The Morgan fingerprint density at radius 2 is 2.05 bits per heavy atom. The van der Waals surface area contributed by atoms with E-state index in [1.54, 1.807) is 19.3 Å². The van der Waals surface area contributed by atoms with E-state index in [0.717, 1.165) is 5.56 Å². The predicted octanol–water partition coefficient (Wildman–Crippen LogP) is 0.989. The molecule has 0 radical (unpaired) electrons. The molecule has 0 aromatic carbocycles. The largest absolute Gasteiger partial charge is 0.471 e. The molecule has 8 heteroatoms. The van der Waals surface area contributed by atoms with Gasteiger partial charge in [0, 0.05) is 36.9 Å². The van der Waals surface area contributed by atoms with Crippen LogP contribution in [0.1, 0.15) is 24.8 Å². The lowest BCUT2D eigenvalue weighted by Crippen LogP contribution is -2.56. The van der Waals surface area contributed by atoms with Crippen LogP contribution in [0.5, 0.6) is 0 Å². The molecule has 2 rings (SSSR count). The van der Waals surface area contributed by atoms with Gasteiger partial charge in [-0.1, -0.05) is 0 Å². The van der Waals surface area contributed by atoms with Gasteiger partial charge in [-0.05, 0) is 18.9 Å². The number of piperidine rings is 1. The fourth-order valence-corrected chi connectivity index (χ4v) is 2.27. The Kier molecular flexibility index (Phi) is 4.22. The highest BCUT2D eigenvalue weighted by molar-refractivity contribution is 5.82. The maximum atomic E-state index is 12.3. The van der Waals surface area contributed by atoms with Gasteiger partial charge in [-0.15, -0.1) is 0 Å². The Balaban J connectivity index is 2.04. The molecule has 1 aromatic rings. The molecule has 20 heavy (non-hydrogen) atoms. The van der Waals surface area contributed by atoms with E-state index in [0.29, 0.717) is 13.0 Å². The number of halogens is 3. The van der Waals surface area contributed by atoms with Crippen molar-refractivity contribution in [3.8, 4) is 0 Å². The number of carbonyl (C=O) groups excluding carboxylic acids is 1. The number of alkyl halides is 3. The van der Waals surface area contributed by atoms with Crippen LogP contribution < -0.4 is 10.6 Å². The van der Waals surface area contributed by atoms with Gasteiger partial charge in [-0.25, -0.2) is 9.97 Å². The average Bonchev–Trinajstić information content (AvgIpc) is 2.41. The molecule has 5 nitrogen and oxygen atoms in total. The molecular weight excluding hydrogens is 273 g/mol. The van der Waals surface area contributed by atoms with Gasteiger partial charge in [0.1, 0.15) is 6.33 Å². The van der Waals surface area contributed by atoms with Crippen molar-refractivity contribution in [2.45, 2.75) is 37.5 Å². The Bertz CT molecular complexity index is 466. The number of nitrogens with zero attached hydrogens (tertiary/aromatic N) is 2. The summed E-state index contributed by atoms with van der Waals surface area (Å²) in [7, 11) is 0. The lowest BCUT2D eigenvalue weighted by molar-refractivity contribution is -0.174. The summed E-state index contributed by atoms with van der Waals surface area (Å²) in [5.74, 6) is -1.92. The van der Waals surface area contributed by atoms with Crippen molar-refractivity contribution in [3.05, 3.63) is 24.3 Å². The van der Waals surface area contributed by atoms with Crippen molar-refractivity contribution in [1.82, 2.24) is 20.6 Å². The number of rotatable bonds is 2. The molecule has 0 bridgehead atoms. The zero-order valence-corrected chi connectivity index (χ0v) is 10.8. The first-order chi connectivity index (χ1) is 9.38. The maximum Gasteiger partial charge on any atom is 0.471 e. The second-order valence-corrected chi connectivity index (χ2v) is 4.88. The first kappa shape index (κ1) is 14.7. The fourth-order valence-electron chi connectivity index (χ4n) is 2.27. The smallest absolute Gasteiger partial charge is 0.344 e. The van der Waals surface area contributed by atoms with Gasteiger partial charge < -0.3 is 10.6 Å². The third kappa shape index (κ3) is 3.44. The van der Waals surface area contributed by atoms with Crippen molar-refractivity contribution >= 4 is 5.91 Å². The normalized spacial score (nSPS) is 27.1. The highest BCUT2D eigenvalue weighted by Crippen LogP contribution is 2.25. The van der Waals surface area contributed by atoms with Gasteiger partial charge in [-0.2, -0.15) is 13.2 Å². The third-order valence-electron chi connectivity index (χ3n) is 3.45. The van der Waals surface area contributed by atoms with Crippen LogP contribution in [0.2, 0.25) is 0 Å². The van der Waals surface area contributed by atoms with Crippen molar-refractivity contribution in [2.24, 2.45) is 0 Å². The van der Waals surface area contributed by atoms with Crippen LogP contribution in [-0.2, 0) is 4.79 Å². The summed E-state index contributed by atoms with van der Waals surface area (Å²) in [4.78, 5) is 18.8. The standard InChI is InChI=1S/C12H15F3N4O/c1-7-10(19-11(20)12(13,14)15)2-8(5-18-7)9-3-16-6-17-4-9/h3-4,6-8,10,18H,2,5H2,1H3,(H,19,20). The highest BCUT2D eigenvalue weighted by atomic mass is 19.4. The summed E-state index contributed by atoms with van der Waals surface area (Å²) in [6.07, 6.45) is 0.229. The van der Waals surface area contributed by atoms with E-state index in [1.807, 2.05) is 5.32 Å². The lowest BCUT2D eigenvalue weighted by atomic mass is 9.87. The van der Waals surface area contributed by atoms with Gasteiger partial charge in [0.2, 0.25) is 0 Å². The van der Waals surface area contributed by atoms with Crippen LogP contribution in [0.25, 0.3) is 0 Å². The van der Waals surface area contributed by atoms with Crippen LogP contribution in [0.15, 0.2) is 18.7 Å². The molecule has 1 aliphatic heterocycles. The van der Waals surface area contributed by atoms with E-state index >= 15 is 0 Å². The van der Waals surface area contributed by atoms with Crippen molar-refractivity contribution in [3.63, 3.8) is 0 Å². The minimum Gasteiger partial charge on any atom is -0.344 e. The summed E-state index contributed by atoms with van der Waals surface area (Å²) in [5.41, 5.74) is 0.846. The quantitative estimate of drug-likeness (QED) is 0.851. The molecule has 0 saturated carbocycles. The van der Waals surface area contributed by atoms with E-state index in [9.17, 15) is 18.0 Å². The molecule has 1 fully saturated rings. The van der Waals surface area contributed by atoms with Gasteiger partial charge in [0.15, 0.2) is 0 Å². The first-order valence-electron chi connectivity index (χ1n) is 6.24. The molecule has 1 aromatic heterocycles. The van der Waals surface area contributed by atoms with E-state index in [4.69, 9.17) is 0 Å². The first-order valence-corrected chi connectivity index (χ1v) is 6.24. The van der Waals surface area contributed by atoms with Crippen LogP contribution in [-0.4, -0.2) is 40.7 Å². The zero-order chi connectivity index (χ0) is 14.8. The lowest BCUT2D eigenvalue weighted by Gasteiger charge is -2.35. The summed E-state index contributed by atoms with van der Waals surface area (Å²) in [5, 5.41) is 5.14. The third-order valence-corrected chi connectivity index (χ3v) is 3.45. The molecule has 3 atom stereocenters. The van der Waals surface area contributed by atoms with E-state index < -0.39 is 18.1 Å². The van der Waals surface area contributed by atoms with Crippen LogP contribution in [0, 0.1) is 0 Å². The number of carbonyl (C=O) groups is 1.